The topological polar surface area (TPSA) is 63.0 Å². The van der Waals surface area contributed by atoms with Crippen LogP contribution in [0.15, 0.2) is 21.0 Å². The van der Waals surface area contributed by atoms with E-state index < -0.39 is 0 Å². The zero-order chi connectivity index (χ0) is 13.1. The number of aryl methyl sites for hydroxylation is 2. The van der Waals surface area contributed by atoms with Crippen LogP contribution in [0.3, 0.4) is 0 Å². The number of aromatic nitrogens is 2. The molecule has 2 N–H and O–H groups in total. The molecule has 0 amide bonds. The van der Waals surface area contributed by atoms with Crippen LogP contribution in [0, 0.1) is 13.8 Å². The van der Waals surface area contributed by atoms with Crippen molar-refractivity contribution in [1.29, 1.82) is 0 Å². The Balaban J connectivity index is 2.22. The molecule has 0 spiro atoms. The fourth-order valence-corrected chi connectivity index (χ4v) is 2.43. The van der Waals surface area contributed by atoms with E-state index in [1.165, 1.54) is 0 Å². The second-order valence-electron chi connectivity index (χ2n) is 4.07. The molecular weight excluding hydrogens is 296 g/mol. The van der Waals surface area contributed by atoms with E-state index in [2.05, 4.69) is 36.8 Å². The van der Waals surface area contributed by atoms with Crippen LogP contribution in [0.4, 0.5) is 11.7 Å². The predicted octanol–water partition coefficient (Wildman–Crippen LogP) is 2.91. The van der Waals surface area contributed by atoms with E-state index in [4.69, 9.17) is 4.42 Å². The van der Waals surface area contributed by atoms with Gasteiger partial charge in [-0.1, -0.05) is 21.0 Å². The number of halogens is 1. The van der Waals surface area contributed by atoms with Gasteiger partial charge in [-0.25, -0.2) is 0 Å². The summed E-state index contributed by atoms with van der Waals surface area (Å²) in [5.41, 5.74) is 3.24. The summed E-state index contributed by atoms with van der Waals surface area (Å²) in [5.74, 6) is 0.562. The molecule has 0 radical (unpaired) electrons. The first-order valence-corrected chi connectivity index (χ1v) is 6.40. The highest BCUT2D eigenvalue weighted by atomic mass is 79.9. The van der Waals surface area contributed by atoms with Gasteiger partial charge in [0.25, 0.3) is 0 Å². The summed E-state index contributed by atoms with van der Waals surface area (Å²) in [6, 6.07) is 4.49. The van der Waals surface area contributed by atoms with Gasteiger partial charge < -0.3 is 15.1 Å². The van der Waals surface area contributed by atoms with Crippen LogP contribution in [-0.4, -0.2) is 17.2 Å². The van der Waals surface area contributed by atoms with E-state index in [1.54, 1.807) is 0 Å². The first-order chi connectivity index (χ1) is 8.60. The minimum Gasteiger partial charge on any atom is -0.406 e. The van der Waals surface area contributed by atoms with E-state index in [1.807, 2.05) is 33.0 Å². The molecule has 0 saturated heterocycles. The van der Waals surface area contributed by atoms with Crippen LogP contribution in [0.1, 0.15) is 17.0 Å². The molecular formula is C12H15BrN4O. The molecule has 18 heavy (non-hydrogen) atoms. The van der Waals surface area contributed by atoms with E-state index in [0.29, 0.717) is 18.5 Å². The fraction of sp³-hybridized carbons (Fsp3) is 0.333. The molecule has 0 aliphatic rings. The Hall–Kier alpha value is -1.40. The van der Waals surface area contributed by atoms with Crippen molar-refractivity contribution in [2.45, 2.75) is 20.4 Å². The Morgan fingerprint density at radius 3 is 2.50 bits per heavy atom. The van der Waals surface area contributed by atoms with Crippen molar-refractivity contribution in [3.63, 3.8) is 0 Å². The maximum Gasteiger partial charge on any atom is 0.320 e. The lowest BCUT2D eigenvalue weighted by Crippen LogP contribution is -2.04. The van der Waals surface area contributed by atoms with Gasteiger partial charge in [0, 0.05) is 10.2 Å². The average Bonchev–Trinajstić information content (AvgIpc) is 2.72. The molecule has 0 unspecified atom stereocenters. The molecule has 0 aliphatic heterocycles. The standard InChI is InChI=1S/C12H15BrN4O/c1-7-4-9(13)5-8(2)11(7)15-12-17-16-10(18-12)6-14-3/h4-5,14H,6H2,1-3H3,(H,15,17). The summed E-state index contributed by atoms with van der Waals surface area (Å²) in [7, 11) is 1.83. The van der Waals surface area contributed by atoms with Crippen molar-refractivity contribution < 1.29 is 4.42 Å². The third kappa shape index (κ3) is 2.88. The number of hydrogen-bond acceptors (Lipinski definition) is 5. The molecule has 0 aliphatic carbocycles. The molecule has 0 bridgehead atoms. The third-order valence-electron chi connectivity index (χ3n) is 2.52. The Labute approximate surface area is 114 Å². The second kappa shape index (κ2) is 5.49. The number of anilines is 2. The molecule has 0 saturated carbocycles. The molecule has 5 nitrogen and oxygen atoms in total. The summed E-state index contributed by atoms with van der Waals surface area (Å²) >= 11 is 3.47. The van der Waals surface area contributed by atoms with Crippen LogP contribution in [0.25, 0.3) is 0 Å². The average molecular weight is 311 g/mol. The van der Waals surface area contributed by atoms with Crippen molar-refractivity contribution in [3.05, 3.63) is 33.6 Å². The van der Waals surface area contributed by atoms with Gasteiger partial charge in [0.15, 0.2) is 0 Å². The van der Waals surface area contributed by atoms with Crippen molar-refractivity contribution in [3.8, 4) is 0 Å². The summed E-state index contributed by atoms with van der Waals surface area (Å²) < 4.78 is 6.52. The predicted molar refractivity (Wildman–Crippen MR) is 74.0 cm³/mol. The quantitative estimate of drug-likeness (QED) is 0.909. The number of rotatable bonds is 4. The largest absolute Gasteiger partial charge is 0.406 e. The highest BCUT2D eigenvalue weighted by molar-refractivity contribution is 9.10. The number of nitrogens with one attached hydrogen (secondary N) is 2. The zero-order valence-corrected chi connectivity index (χ0v) is 12.1. The molecule has 1 aromatic heterocycles. The second-order valence-corrected chi connectivity index (χ2v) is 4.99. The Bertz CT molecular complexity index is 530. The van der Waals surface area contributed by atoms with Crippen molar-refractivity contribution in [2.24, 2.45) is 0 Å². The lowest BCUT2D eigenvalue weighted by atomic mass is 10.1. The van der Waals surface area contributed by atoms with Crippen LogP contribution in [0.5, 0.6) is 0 Å². The van der Waals surface area contributed by atoms with Crippen LogP contribution in [-0.2, 0) is 6.54 Å². The number of nitrogens with zero attached hydrogens (tertiary/aromatic N) is 2. The summed E-state index contributed by atoms with van der Waals surface area (Å²) in [5, 5.41) is 14.0. The van der Waals surface area contributed by atoms with Crippen LogP contribution >= 0.6 is 15.9 Å². The van der Waals surface area contributed by atoms with Crippen molar-refractivity contribution >= 4 is 27.6 Å². The van der Waals surface area contributed by atoms with Gasteiger partial charge in [-0.05, 0) is 44.2 Å². The smallest absolute Gasteiger partial charge is 0.320 e. The summed E-state index contributed by atoms with van der Waals surface area (Å²) in [6.45, 7) is 4.63. The maximum absolute atomic E-state index is 5.46. The van der Waals surface area contributed by atoms with Gasteiger partial charge in [0.05, 0.1) is 6.54 Å². The first-order valence-electron chi connectivity index (χ1n) is 5.61. The molecule has 96 valence electrons. The lowest BCUT2D eigenvalue weighted by molar-refractivity contribution is 0.493. The van der Waals surface area contributed by atoms with Crippen molar-refractivity contribution in [2.75, 3.05) is 12.4 Å². The molecule has 6 heteroatoms. The Morgan fingerprint density at radius 1 is 1.22 bits per heavy atom. The maximum atomic E-state index is 5.46. The highest BCUT2D eigenvalue weighted by Crippen LogP contribution is 2.27. The number of benzene rings is 1. The Kier molecular flexibility index (Phi) is 3.98. The summed E-state index contributed by atoms with van der Waals surface area (Å²) in [4.78, 5) is 0. The zero-order valence-electron chi connectivity index (χ0n) is 10.5. The SMILES string of the molecule is CNCc1nnc(Nc2c(C)cc(Br)cc2C)o1. The fourth-order valence-electron chi connectivity index (χ4n) is 1.74. The van der Waals surface area contributed by atoms with Gasteiger partial charge in [0.1, 0.15) is 0 Å². The van der Waals surface area contributed by atoms with Crippen LogP contribution < -0.4 is 10.6 Å². The van der Waals surface area contributed by atoms with Gasteiger partial charge in [-0.3, -0.25) is 0 Å². The molecule has 1 heterocycles. The van der Waals surface area contributed by atoms with Gasteiger partial charge >= 0.3 is 6.01 Å². The number of hydrogen-bond donors (Lipinski definition) is 2. The highest BCUT2D eigenvalue weighted by Gasteiger charge is 2.09. The Morgan fingerprint density at radius 2 is 1.89 bits per heavy atom. The monoisotopic (exact) mass is 310 g/mol. The molecule has 2 aromatic rings. The van der Waals surface area contributed by atoms with Gasteiger partial charge in [0.2, 0.25) is 5.89 Å². The van der Waals surface area contributed by atoms with Crippen molar-refractivity contribution in [1.82, 2.24) is 15.5 Å². The third-order valence-corrected chi connectivity index (χ3v) is 2.98. The van der Waals surface area contributed by atoms with E-state index in [-0.39, 0.29) is 0 Å². The minimum absolute atomic E-state index is 0.411. The van der Waals surface area contributed by atoms with Crippen LogP contribution in [0.2, 0.25) is 0 Å². The lowest BCUT2D eigenvalue weighted by Gasteiger charge is -2.10. The molecule has 1 aromatic carbocycles. The van der Waals surface area contributed by atoms with Gasteiger partial charge in [-0.2, -0.15) is 0 Å². The molecule has 0 atom stereocenters. The van der Waals surface area contributed by atoms with E-state index >= 15 is 0 Å². The van der Waals surface area contributed by atoms with E-state index in [0.717, 1.165) is 21.3 Å². The molecule has 0 fully saturated rings. The van der Waals surface area contributed by atoms with Gasteiger partial charge in [-0.15, -0.1) is 5.10 Å². The summed E-state index contributed by atoms with van der Waals surface area (Å²) in [6.07, 6.45) is 0. The molecule has 2 rings (SSSR count). The van der Waals surface area contributed by atoms with E-state index in [9.17, 15) is 0 Å². The first kappa shape index (κ1) is 13.0. The normalized spacial score (nSPS) is 10.7. The minimum atomic E-state index is 0.411.